The van der Waals surface area contributed by atoms with Gasteiger partial charge in [0.2, 0.25) is 5.82 Å². The molecule has 0 nitrogen and oxygen atoms in total. The van der Waals surface area contributed by atoms with Gasteiger partial charge in [0, 0.05) is 10.5 Å². The summed E-state index contributed by atoms with van der Waals surface area (Å²) in [7, 11) is 0. The molecule has 0 aliphatic heterocycles. The van der Waals surface area contributed by atoms with Crippen molar-refractivity contribution >= 4 is 12.6 Å². The van der Waals surface area contributed by atoms with Crippen LogP contribution < -0.4 is 0 Å². The van der Waals surface area contributed by atoms with Crippen LogP contribution in [0.1, 0.15) is 11.1 Å². The first-order valence-corrected chi connectivity index (χ1v) is 5.69. The van der Waals surface area contributed by atoms with Crippen molar-refractivity contribution in [3.8, 4) is 11.8 Å². The number of halogens is 5. The molecule has 0 bridgehead atoms. The number of rotatable bonds is 0. The van der Waals surface area contributed by atoms with E-state index in [0.29, 0.717) is 10.5 Å². The molecule has 0 heterocycles. The zero-order valence-electron chi connectivity index (χ0n) is 9.65. The number of hydrogen-bond acceptors (Lipinski definition) is 1. The summed E-state index contributed by atoms with van der Waals surface area (Å²) in [6.45, 7) is 0. The quantitative estimate of drug-likeness (QED) is 0.245. The van der Waals surface area contributed by atoms with E-state index in [-0.39, 0.29) is 0 Å². The molecular formula is C14H5F5S. The fourth-order valence-electron chi connectivity index (χ4n) is 1.39. The Bertz CT molecular complexity index is 697. The fraction of sp³-hybridized carbons (Fsp3) is 0. The van der Waals surface area contributed by atoms with Crippen molar-refractivity contribution in [1.29, 1.82) is 0 Å². The van der Waals surface area contributed by atoms with E-state index in [1.165, 1.54) is 12.1 Å². The molecular weight excluding hydrogens is 295 g/mol. The van der Waals surface area contributed by atoms with Crippen LogP contribution in [0.5, 0.6) is 0 Å². The molecule has 0 radical (unpaired) electrons. The lowest BCUT2D eigenvalue weighted by atomic mass is 10.1. The van der Waals surface area contributed by atoms with Crippen LogP contribution in [0.4, 0.5) is 22.0 Å². The Morgan fingerprint density at radius 2 is 1.10 bits per heavy atom. The minimum absolute atomic E-state index is 0.353. The average Bonchev–Trinajstić information content (AvgIpc) is 2.45. The van der Waals surface area contributed by atoms with Crippen molar-refractivity contribution in [3.05, 3.63) is 64.5 Å². The van der Waals surface area contributed by atoms with Crippen LogP contribution in [-0.4, -0.2) is 0 Å². The van der Waals surface area contributed by atoms with E-state index in [1.54, 1.807) is 12.1 Å². The first kappa shape index (κ1) is 14.4. The van der Waals surface area contributed by atoms with Gasteiger partial charge in [0.05, 0.1) is 0 Å². The average molecular weight is 300 g/mol. The zero-order chi connectivity index (χ0) is 14.9. The molecule has 0 amide bonds. The van der Waals surface area contributed by atoms with Gasteiger partial charge in [-0.2, -0.15) is 0 Å². The molecule has 0 aliphatic rings. The molecule has 2 rings (SSSR count). The minimum atomic E-state index is -2.20. The van der Waals surface area contributed by atoms with Crippen LogP contribution in [0.2, 0.25) is 0 Å². The predicted octanol–water partition coefficient (Wildman–Crippen LogP) is 4.07. The van der Waals surface area contributed by atoms with Crippen molar-refractivity contribution in [1.82, 2.24) is 0 Å². The third-order valence-electron chi connectivity index (χ3n) is 2.41. The van der Waals surface area contributed by atoms with Gasteiger partial charge in [0.15, 0.2) is 23.3 Å². The summed E-state index contributed by atoms with van der Waals surface area (Å²) >= 11 is 4.03. The maximum Gasteiger partial charge on any atom is 0.200 e. The molecule has 0 spiro atoms. The van der Waals surface area contributed by atoms with Gasteiger partial charge >= 0.3 is 0 Å². The van der Waals surface area contributed by atoms with Crippen LogP contribution in [0.3, 0.4) is 0 Å². The zero-order valence-corrected chi connectivity index (χ0v) is 10.5. The molecule has 6 heteroatoms. The van der Waals surface area contributed by atoms with Crippen LogP contribution in [0.15, 0.2) is 29.2 Å². The molecule has 2 aromatic rings. The molecule has 0 unspecified atom stereocenters. The van der Waals surface area contributed by atoms with Crippen molar-refractivity contribution in [2.45, 2.75) is 4.90 Å². The maximum absolute atomic E-state index is 13.3. The topological polar surface area (TPSA) is 0 Å². The molecule has 0 saturated carbocycles. The van der Waals surface area contributed by atoms with Crippen molar-refractivity contribution in [2.24, 2.45) is 0 Å². The Kier molecular flexibility index (Phi) is 4.00. The van der Waals surface area contributed by atoms with E-state index in [4.69, 9.17) is 0 Å². The van der Waals surface area contributed by atoms with E-state index >= 15 is 0 Å². The third kappa shape index (κ3) is 2.63. The van der Waals surface area contributed by atoms with Crippen LogP contribution >= 0.6 is 12.6 Å². The molecule has 102 valence electrons. The Morgan fingerprint density at radius 1 is 0.650 bits per heavy atom. The first-order valence-electron chi connectivity index (χ1n) is 5.24. The van der Waals surface area contributed by atoms with Gasteiger partial charge in [0.1, 0.15) is 5.56 Å². The van der Waals surface area contributed by atoms with Crippen molar-refractivity contribution in [2.75, 3.05) is 0 Å². The van der Waals surface area contributed by atoms with Crippen LogP contribution in [0.25, 0.3) is 0 Å². The predicted molar refractivity (Wildman–Crippen MR) is 65.9 cm³/mol. The summed E-state index contributed by atoms with van der Waals surface area (Å²) in [5.74, 6) is -5.84. The van der Waals surface area contributed by atoms with E-state index in [0.717, 1.165) is 0 Å². The molecule has 0 saturated heterocycles. The van der Waals surface area contributed by atoms with Gasteiger partial charge in [-0.15, -0.1) is 12.6 Å². The Balaban J connectivity index is 2.53. The highest BCUT2D eigenvalue weighted by atomic mass is 32.1. The van der Waals surface area contributed by atoms with Gasteiger partial charge in [-0.25, -0.2) is 22.0 Å². The first-order chi connectivity index (χ1) is 9.41. The summed E-state index contributed by atoms with van der Waals surface area (Å²) < 4.78 is 65.4. The second kappa shape index (κ2) is 5.55. The van der Waals surface area contributed by atoms with Gasteiger partial charge in [-0.3, -0.25) is 0 Å². The lowest BCUT2D eigenvalue weighted by Crippen LogP contribution is -2.04. The fourth-order valence-corrected chi connectivity index (χ4v) is 1.54. The lowest BCUT2D eigenvalue weighted by Gasteiger charge is -2.02. The standard InChI is InChI=1S/C14H5F5S/c15-10-9(11(16)13(18)14(19)12(10)17)6-3-7-1-4-8(20)5-2-7/h1-2,4-5,20H. The minimum Gasteiger partial charge on any atom is -0.202 e. The van der Waals surface area contributed by atoms with E-state index < -0.39 is 34.6 Å². The summed E-state index contributed by atoms with van der Waals surface area (Å²) in [5, 5.41) is 0. The molecule has 0 atom stereocenters. The maximum atomic E-state index is 13.3. The summed E-state index contributed by atoms with van der Waals surface area (Å²) in [6, 6.07) is 6.15. The highest BCUT2D eigenvalue weighted by molar-refractivity contribution is 7.80. The SMILES string of the molecule is Fc1c(F)c(F)c(C#Cc2ccc(S)cc2)c(F)c1F. The van der Waals surface area contributed by atoms with E-state index in [9.17, 15) is 22.0 Å². The third-order valence-corrected chi connectivity index (χ3v) is 2.71. The van der Waals surface area contributed by atoms with Gasteiger partial charge in [0.25, 0.3) is 0 Å². The van der Waals surface area contributed by atoms with Crippen LogP contribution in [-0.2, 0) is 0 Å². The monoisotopic (exact) mass is 300 g/mol. The van der Waals surface area contributed by atoms with Gasteiger partial charge in [-0.05, 0) is 24.3 Å². The number of benzene rings is 2. The second-order valence-electron chi connectivity index (χ2n) is 3.74. The highest BCUT2D eigenvalue weighted by Gasteiger charge is 2.24. The molecule has 0 aromatic heterocycles. The van der Waals surface area contributed by atoms with Crippen molar-refractivity contribution < 1.29 is 22.0 Å². The molecule has 0 aliphatic carbocycles. The van der Waals surface area contributed by atoms with E-state index in [1.807, 2.05) is 5.92 Å². The summed E-state index contributed by atoms with van der Waals surface area (Å²) in [5.41, 5.74) is -0.803. The normalized spacial score (nSPS) is 10.1. The lowest BCUT2D eigenvalue weighted by molar-refractivity contribution is 0.376. The Morgan fingerprint density at radius 3 is 1.60 bits per heavy atom. The highest BCUT2D eigenvalue weighted by Crippen LogP contribution is 2.22. The molecule has 0 N–H and O–H groups in total. The van der Waals surface area contributed by atoms with Gasteiger partial charge in [-0.1, -0.05) is 11.8 Å². The molecule has 2 aromatic carbocycles. The second-order valence-corrected chi connectivity index (χ2v) is 4.26. The molecule has 20 heavy (non-hydrogen) atoms. The summed E-state index contributed by atoms with van der Waals surface area (Å²) in [6.07, 6.45) is 0. The number of hydrogen-bond donors (Lipinski definition) is 1. The smallest absolute Gasteiger partial charge is 0.200 e. The van der Waals surface area contributed by atoms with E-state index in [2.05, 4.69) is 18.5 Å². The number of thiol groups is 1. The summed E-state index contributed by atoms with van der Waals surface area (Å²) in [4.78, 5) is 0.645. The van der Waals surface area contributed by atoms with Crippen LogP contribution in [0, 0.1) is 40.9 Å². The molecule has 0 fully saturated rings. The Labute approximate surface area is 116 Å². The largest absolute Gasteiger partial charge is 0.202 e. The Hall–Kier alpha value is -2.00. The van der Waals surface area contributed by atoms with Gasteiger partial charge < -0.3 is 0 Å². The van der Waals surface area contributed by atoms with Crippen molar-refractivity contribution in [3.63, 3.8) is 0 Å².